The molecule has 0 radical (unpaired) electrons. The van der Waals surface area contributed by atoms with E-state index in [1.807, 2.05) is 20.8 Å². The smallest absolute Gasteiger partial charge is 0.242 e. The molecule has 0 aliphatic heterocycles. The van der Waals surface area contributed by atoms with Crippen molar-refractivity contribution in [3.8, 4) is 0 Å². The van der Waals surface area contributed by atoms with Crippen LogP contribution < -0.4 is 16.4 Å². The van der Waals surface area contributed by atoms with Gasteiger partial charge in [-0.1, -0.05) is 20.8 Å². The third-order valence-corrected chi connectivity index (χ3v) is 2.60. The van der Waals surface area contributed by atoms with Crippen molar-refractivity contribution in [3.63, 3.8) is 0 Å². The summed E-state index contributed by atoms with van der Waals surface area (Å²) in [7, 11) is 0. The van der Waals surface area contributed by atoms with Gasteiger partial charge >= 0.3 is 0 Å². The van der Waals surface area contributed by atoms with Crippen LogP contribution in [-0.4, -0.2) is 30.4 Å². The van der Waals surface area contributed by atoms with E-state index < -0.39 is 6.04 Å². The first kappa shape index (κ1) is 15.9. The summed E-state index contributed by atoms with van der Waals surface area (Å²) in [6.45, 7) is 8.21. The van der Waals surface area contributed by atoms with Gasteiger partial charge in [-0.25, -0.2) is 0 Å². The number of hydrogen-bond acceptors (Lipinski definition) is 3. The monoisotopic (exact) mass is 243 g/mol. The summed E-state index contributed by atoms with van der Waals surface area (Å²) in [5.41, 5.74) is 5.79. The maximum Gasteiger partial charge on any atom is 0.242 e. The molecular weight excluding hydrogens is 218 g/mol. The van der Waals surface area contributed by atoms with Gasteiger partial charge in [0.15, 0.2) is 0 Å². The highest BCUT2D eigenvalue weighted by atomic mass is 16.2. The van der Waals surface area contributed by atoms with E-state index in [1.165, 1.54) is 0 Å². The van der Waals surface area contributed by atoms with E-state index in [2.05, 4.69) is 10.6 Å². The standard InChI is InChI=1S/C12H25N3O2/c1-5-6-14-12(17)9(4)15-11(16)7-10(13)8(2)3/h8-10H,5-7,13H2,1-4H3,(H,14,17)(H,15,16). The van der Waals surface area contributed by atoms with Crippen molar-refractivity contribution in [2.45, 2.75) is 52.6 Å². The number of hydrogen-bond donors (Lipinski definition) is 3. The third-order valence-electron chi connectivity index (χ3n) is 2.60. The highest BCUT2D eigenvalue weighted by molar-refractivity contribution is 5.87. The van der Waals surface area contributed by atoms with E-state index in [9.17, 15) is 9.59 Å². The molecule has 0 heterocycles. The molecule has 0 spiro atoms. The molecule has 2 amide bonds. The Morgan fingerprint density at radius 2 is 1.82 bits per heavy atom. The minimum Gasteiger partial charge on any atom is -0.354 e. The maximum absolute atomic E-state index is 11.6. The molecule has 0 fully saturated rings. The normalized spacial score (nSPS) is 14.2. The molecule has 0 aromatic rings. The first-order valence-electron chi connectivity index (χ1n) is 6.21. The van der Waals surface area contributed by atoms with Gasteiger partial charge in [0.25, 0.3) is 0 Å². The summed E-state index contributed by atoms with van der Waals surface area (Å²) >= 11 is 0. The first-order valence-corrected chi connectivity index (χ1v) is 6.21. The molecule has 0 bridgehead atoms. The van der Waals surface area contributed by atoms with Crippen LogP contribution in [0.1, 0.15) is 40.5 Å². The molecule has 0 saturated carbocycles. The van der Waals surface area contributed by atoms with E-state index in [1.54, 1.807) is 6.92 Å². The lowest BCUT2D eigenvalue weighted by Gasteiger charge is -2.18. The number of rotatable bonds is 7. The molecule has 5 nitrogen and oxygen atoms in total. The molecule has 2 atom stereocenters. The van der Waals surface area contributed by atoms with Crippen molar-refractivity contribution < 1.29 is 9.59 Å². The zero-order valence-electron chi connectivity index (χ0n) is 11.2. The summed E-state index contributed by atoms with van der Waals surface area (Å²) in [5.74, 6) is -0.0753. The van der Waals surface area contributed by atoms with Gasteiger partial charge in [0.1, 0.15) is 6.04 Å². The minimum atomic E-state index is -0.506. The van der Waals surface area contributed by atoms with E-state index in [0.29, 0.717) is 6.54 Å². The van der Waals surface area contributed by atoms with Crippen LogP contribution in [0.4, 0.5) is 0 Å². The fraction of sp³-hybridized carbons (Fsp3) is 0.833. The summed E-state index contributed by atoms with van der Waals surface area (Å²) in [5, 5.41) is 5.37. The molecule has 100 valence electrons. The molecule has 0 aliphatic carbocycles. The zero-order chi connectivity index (χ0) is 13.4. The Balaban J connectivity index is 3.98. The van der Waals surface area contributed by atoms with E-state index in [-0.39, 0.29) is 30.2 Å². The fourth-order valence-corrected chi connectivity index (χ4v) is 1.22. The Bertz CT molecular complexity index is 254. The number of carbonyl (C=O) groups is 2. The Labute approximate surface area is 104 Å². The average molecular weight is 243 g/mol. The second kappa shape index (κ2) is 8.06. The Kier molecular flexibility index (Phi) is 7.54. The van der Waals surface area contributed by atoms with E-state index in [0.717, 1.165) is 6.42 Å². The quantitative estimate of drug-likeness (QED) is 0.605. The number of amides is 2. The molecule has 0 aromatic carbocycles. The summed E-state index contributed by atoms with van der Waals surface area (Å²) in [6, 6.07) is -0.672. The predicted molar refractivity (Wildman–Crippen MR) is 68.3 cm³/mol. The Hall–Kier alpha value is -1.10. The van der Waals surface area contributed by atoms with Crippen LogP contribution in [0.25, 0.3) is 0 Å². The number of nitrogens with one attached hydrogen (secondary N) is 2. The van der Waals surface area contributed by atoms with E-state index in [4.69, 9.17) is 5.73 Å². The predicted octanol–water partition coefficient (Wildman–Crippen LogP) is 0.391. The zero-order valence-corrected chi connectivity index (χ0v) is 11.2. The van der Waals surface area contributed by atoms with Crippen molar-refractivity contribution in [2.24, 2.45) is 11.7 Å². The first-order chi connectivity index (χ1) is 7.88. The number of nitrogens with two attached hydrogens (primary N) is 1. The van der Waals surface area contributed by atoms with Gasteiger partial charge in [0.2, 0.25) is 11.8 Å². The molecule has 0 rings (SSSR count). The van der Waals surface area contributed by atoms with Gasteiger partial charge in [-0.15, -0.1) is 0 Å². The lowest BCUT2D eigenvalue weighted by atomic mass is 10.0. The molecule has 2 unspecified atom stereocenters. The van der Waals surface area contributed by atoms with Crippen molar-refractivity contribution in [2.75, 3.05) is 6.54 Å². The molecule has 4 N–H and O–H groups in total. The van der Waals surface area contributed by atoms with Crippen molar-refractivity contribution in [3.05, 3.63) is 0 Å². The third kappa shape index (κ3) is 6.94. The average Bonchev–Trinajstić information content (AvgIpc) is 2.25. The van der Waals surface area contributed by atoms with Gasteiger partial charge in [0.05, 0.1) is 0 Å². The molecule has 0 saturated heterocycles. The van der Waals surface area contributed by atoms with Gasteiger partial charge in [-0.3, -0.25) is 9.59 Å². The second-order valence-electron chi connectivity index (χ2n) is 4.69. The summed E-state index contributed by atoms with van der Waals surface area (Å²) in [4.78, 5) is 23.1. The van der Waals surface area contributed by atoms with E-state index >= 15 is 0 Å². The highest BCUT2D eigenvalue weighted by Gasteiger charge is 2.18. The Morgan fingerprint density at radius 3 is 2.29 bits per heavy atom. The van der Waals surface area contributed by atoms with Crippen LogP contribution in [0.3, 0.4) is 0 Å². The largest absolute Gasteiger partial charge is 0.354 e. The molecule has 5 heteroatoms. The summed E-state index contributed by atoms with van der Waals surface area (Å²) < 4.78 is 0. The molecule has 0 aliphatic rings. The van der Waals surface area contributed by atoms with Gasteiger partial charge in [-0.2, -0.15) is 0 Å². The van der Waals surface area contributed by atoms with Gasteiger partial charge in [0, 0.05) is 19.0 Å². The summed E-state index contributed by atoms with van der Waals surface area (Å²) in [6.07, 6.45) is 1.13. The number of carbonyl (C=O) groups excluding carboxylic acids is 2. The molecular formula is C12H25N3O2. The van der Waals surface area contributed by atoms with Crippen molar-refractivity contribution >= 4 is 11.8 Å². The van der Waals surface area contributed by atoms with Crippen molar-refractivity contribution in [1.82, 2.24) is 10.6 Å². The van der Waals surface area contributed by atoms with Crippen LogP contribution in [-0.2, 0) is 9.59 Å². The van der Waals surface area contributed by atoms with Crippen LogP contribution in [0, 0.1) is 5.92 Å². The van der Waals surface area contributed by atoms with Gasteiger partial charge < -0.3 is 16.4 Å². The fourth-order valence-electron chi connectivity index (χ4n) is 1.22. The maximum atomic E-state index is 11.6. The van der Waals surface area contributed by atoms with Crippen molar-refractivity contribution in [1.29, 1.82) is 0 Å². The topological polar surface area (TPSA) is 84.2 Å². The lowest BCUT2D eigenvalue weighted by Crippen LogP contribution is -2.46. The van der Waals surface area contributed by atoms with Crippen LogP contribution in [0.15, 0.2) is 0 Å². The molecule has 17 heavy (non-hydrogen) atoms. The van der Waals surface area contributed by atoms with Crippen LogP contribution in [0.5, 0.6) is 0 Å². The van der Waals surface area contributed by atoms with Gasteiger partial charge in [-0.05, 0) is 19.3 Å². The lowest BCUT2D eigenvalue weighted by molar-refractivity contribution is -0.128. The van der Waals surface area contributed by atoms with Crippen LogP contribution in [0.2, 0.25) is 0 Å². The Morgan fingerprint density at radius 1 is 1.24 bits per heavy atom. The second-order valence-corrected chi connectivity index (χ2v) is 4.69. The molecule has 0 aromatic heterocycles. The minimum absolute atomic E-state index is 0.154. The SMILES string of the molecule is CCCNC(=O)C(C)NC(=O)CC(N)C(C)C. The highest BCUT2D eigenvalue weighted by Crippen LogP contribution is 2.02. The van der Waals surface area contributed by atoms with Crippen LogP contribution >= 0.6 is 0 Å².